The van der Waals surface area contributed by atoms with Crippen molar-refractivity contribution in [3.8, 4) is 24.3 Å². The summed E-state index contributed by atoms with van der Waals surface area (Å²) in [7, 11) is 0. The van der Waals surface area contributed by atoms with Gasteiger partial charge in [0.25, 0.3) is 0 Å². The van der Waals surface area contributed by atoms with Gasteiger partial charge in [-0.1, -0.05) is 0 Å². The molecule has 2 aromatic heterocycles. The van der Waals surface area contributed by atoms with Gasteiger partial charge in [0.1, 0.15) is 41.1 Å². The third kappa shape index (κ3) is 5.62. The van der Waals surface area contributed by atoms with Crippen molar-refractivity contribution in [3.63, 3.8) is 0 Å². The van der Waals surface area contributed by atoms with Crippen molar-refractivity contribution in [2.24, 2.45) is 9.98 Å². The Balaban J connectivity index is 1.81. The molecule has 0 aliphatic carbocycles. The first kappa shape index (κ1) is 31.9. The third-order valence-electron chi connectivity index (χ3n) is 6.40. The number of hydrogen-bond donors (Lipinski definition) is 0. The van der Waals surface area contributed by atoms with E-state index in [1.807, 2.05) is 0 Å². The fraction of sp³-hybridized carbons (Fsp3) is 0.143. The van der Waals surface area contributed by atoms with Crippen LogP contribution in [0.25, 0.3) is 11.1 Å². The van der Waals surface area contributed by atoms with Gasteiger partial charge in [-0.3, -0.25) is 0 Å². The monoisotopic (exact) mass is 654 g/mol. The van der Waals surface area contributed by atoms with Crippen LogP contribution in [0, 0.1) is 52.2 Å². The highest BCUT2D eigenvalue weighted by molar-refractivity contribution is 6.39. The van der Waals surface area contributed by atoms with Crippen molar-refractivity contribution < 1.29 is 39.5 Å². The van der Waals surface area contributed by atoms with Gasteiger partial charge in [-0.2, -0.15) is 60.6 Å². The minimum Gasteiger partial charge on any atom is -0.245 e. The maximum absolute atomic E-state index is 13.6. The average Bonchev–Trinajstić information content (AvgIpc) is 3.54. The predicted molar refractivity (Wildman–Crippen MR) is 139 cm³/mol. The Bertz CT molecular complexity index is 2150. The molecule has 0 amide bonds. The molecule has 0 unspecified atom stereocenters. The Kier molecular flexibility index (Phi) is 7.38. The molecule has 0 bridgehead atoms. The lowest BCUT2D eigenvalue weighted by Gasteiger charge is -2.13. The molecule has 2 aliphatic rings. The summed E-state index contributed by atoms with van der Waals surface area (Å²) in [5.41, 5.74) is -7.99. The van der Waals surface area contributed by atoms with Gasteiger partial charge in [-0.25, -0.2) is 29.9 Å². The van der Waals surface area contributed by atoms with E-state index in [0.29, 0.717) is 0 Å². The Labute approximate surface area is 255 Å². The summed E-state index contributed by atoms with van der Waals surface area (Å²) in [5.74, 6) is -3.75. The molecule has 19 heteroatoms. The maximum atomic E-state index is 13.6. The van der Waals surface area contributed by atoms with Crippen molar-refractivity contribution in [1.82, 2.24) is 19.9 Å². The van der Waals surface area contributed by atoms with E-state index >= 15 is 0 Å². The van der Waals surface area contributed by atoms with Gasteiger partial charge in [0.15, 0.2) is 0 Å². The number of fused-ring (bicyclic) bond motifs is 2. The minimum atomic E-state index is -5.46. The van der Waals surface area contributed by atoms with Gasteiger partial charge >= 0.3 is 18.5 Å². The average molecular weight is 654 g/mol. The number of alkyl halides is 9. The molecule has 10 nitrogen and oxygen atoms in total. The van der Waals surface area contributed by atoms with E-state index in [0.717, 1.165) is 18.2 Å². The van der Waals surface area contributed by atoms with E-state index in [1.54, 1.807) is 12.1 Å². The minimum absolute atomic E-state index is 0.138. The number of aromatic nitrogens is 4. The van der Waals surface area contributed by atoms with Crippen LogP contribution in [-0.4, -0.2) is 31.4 Å². The summed E-state index contributed by atoms with van der Waals surface area (Å²) in [5, 5.41) is 38.7. The van der Waals surface area contributed by atoms with Crippen molar-refractivity contribution in [1.29, 1.82) is 21.0 Å². The summed E-state index contributed by atoms with van der Waals surface area (Å²) in [6.07, 6.45) is -15.8. The second-order valence-electron chi connectivity index (χ2n) is 9.43. The SMILES string of the molecule is Cc1cc(C2=Nc3cc4c(cc3C2=C(C#N)C#N)C(=C(C#N)C#N)C(c2cc(C(F)(F)F)nc(C(F)(F)F)n2)=N4)nc(C(F)(F)F)n1. The van der Waals surface area contributed by atoms with Gasteiger partial charge in [0.05, 0.1) is 34.2 Å². The number of nitriles is 4. The molecule has 3 aromatic rings. The van der Waals surface area contributed by atoms with Crippen LogP contribution in [0.4, 0.5) is 50.9 Å². The van der Waals surface area contributed by atoms with Crippen LogP contribution in [0.15, 0.2) is 45.4 Å². The molecule has 0 saturated heterocycles. The molecule has 0 radical (unpaired) electrons. The second-order valence-corrected chi connectivity index (χ2v) is 9.43. The van der Waals surface area contributed by atoms with Crippen LogP contribution >= 0.6 is 0 Å². The molecule has 5 rings (SSSR count). The van der Waals surface area contributed by atoms with E-state index in [-0.39, 0.29) is 45.5 Å². The number of nitrogens with zero attached hydrogens (tertiary/aromatic N) is 10. The van der Waals surface area contributed by atoms with Crippen LogP contribution in [0.3, 0.4) is 0 Å². The van der Waals surface area contributed by atoms with Crippen LogP contribution in [0.5, 0.6) is 0 Å². The molecule has 0 saturated carbocycles. The van der Waals surface area contributed by atoms with Gasteiger partial charge in [0.2, 0.25) is 11.6 Å². The zero-order valence-electron chi connectivity index (χ0n) is 22.7. The fourth-order valence-corrected chi connectivity index (χ4v) is 4.58. The summed E-state index contributed by atoms with van der Waals surface area (Å²) < 4.78 is 122. The molecule has 0 fully saturated rings. The van der Waals surface area contributed by atoms with Gasteiger partial charge in [0, 0.05) is 28.0 Å². The van der Waals surface area contributed by atoms with Crippen LogP contribution in [0.1, 0.15) is 45.6 Å². The molecule has 1 aromatic carbocycles. The van der Waals surface area contributed by atoms with Crippen LogP contribution < -0.4 is 0 Å². The molecule has 0 atom stereocenters. The largest absolute Gasteiger partial charge is 0.451 e. The number of rotatable bonds is 2. The highest BCUT2D eigenvalue weighted by Gasteiger charge is 2.42. The Morgan fingerprint density at radius 1 is 0.553 bits per heavy atom. The lowest BCUT2D eigenvalue weighted by Crippen LogP contribution is -2.20. The Morgan fingerprint density at radius 2 is 0.979 bits per heavy atom. The zero-order valence-corrected chi connectivity index (χ0v) is 22.7. The highest BCUT2D eigenvalue weighted by atomic mass is 19.4. The smallest absolute Gasteiger partial charge is 0.245 e. The molecule has 232 valence electrons. The van der Waals surface area contributed by atoms with E-state index in [1.165, 1.54) is 19.1 Å². The van der Waals surface area contributed by atoms with Crippen molar-refractivity contribution in [2.45, 2.75) is 25.5 Å². The number of hydrogen-bond acceptors (Lipinski definition) is 10. The van der Waals surface area contributed by atoms with E-state index < -0.39 is 69.7 Å². The second kappa shape index (κ2) is 10.9. The molecular formula is C28H7F9N10. The molecule has 2 aliphatic heterocycles. The van der Waals surface area contributed by atoms with Gasteiger partial charge in [-0.05, 0) is 31.2 Å². The van der Waals surface area contributed by atoms with Crippen molar-refractivity contribution in [3.05, 3.63) is 81.0 Å². The van der Waals surface area contributed by atoms with E-state index in [2.05, 4.69) is 29.9 Å². The number of benzene rings is 1. The first-order valence-corrected chi connectivity index (χ1v) is 12.3. The lowest BCUT2D eigenvalue weighted by atomic mass is 9.90. The van der Waals surface area contributed by atoms with Crippen molar-refractivity contribution in [2.75, 3.05) is 0 Å². The maximum Gasteiger partial charge on any atom is 0.451 e. The topological polar surface area (TPSA) is 171 Å². The normalized spacial score (nSPS) is 13.8. The number of halogens is 9. The summed E-state index contributed by atoms with van der Waals surface area (Å²) >= 11 is 0. The Hall–Kier alpha value is -6.47. The van der Waals surface area contributed by atoms with E-state index in [9.17, 15) is 60.6 Å². The van der Waals surface area contributed by atoms with Gasteiger partial charge < -0.3 is 0 Å². The summed E-state index contributed by atoms with van der Waals surface area (Å²) in [6, 6.07) is 9.56. The quantitative estimate of drug-likeness (QED) is 0.223. The molecule has 0 spiro atoms. The predicted octanol–water partition coefficient (Wildman–Crippen LogP) is 6.50. The highest BCUT2D eigenvalue weighted by Crippen LogP contribution is 2.48. The summed E-state index contributed by atoms with van der Waals surface area (Å²) in [6.45, 7) is 1.22. The van der Waals surface area contributed by atoms with Crippen molar-refractivity contribution >= 4 is 33.9 Å². The fourth-order valence-electron chi connectivity index (χ4n) is 4.58. The number of allylic oxidation sites excluding steroid dienone is 4. The standard InChI is InChI=1S/C28H7F9N10/c1-10-2-17(45-24(42-10)27(32,33)34)22-20(11(6-38)7-39)13-3-14-16(4-15(13)43-22)44-23(21(14)12(8-40)9-41)18-5-19(26(29,30)31)47-25(46-18)28(35,36)37/h2-5H,1H3. The van der Waals surface area contributed by atoms with Crippen LogP contribution in [-0.2, 0) is 18.5 Å². The number of aliphatic imine (C=N–C) groups is 2. The first-order chi connectivity index (χ1) is 21.9. The summed E-state index contributed by atoms with van der Waals surface area (Å²) in [4.78, 5) is 20.8. The third-order valence-corrected chi connectivity index (χ3v) is 6.40. The lowest BCUT2D eigenvalue weighted by molar-refractivity contribution is -0.152. The van der Waals surface area contributed by atoms with Crippen LogP contribution in [0.2, 0.25) is 0 Å². The molecular weight excluding hydrogens is 647 g/mol. The molecule has 4 heterocycles. The molecule has 0 N–H and O–H groups in total. The van der Waals surface area contributed by atoms with E-state index in [4.69, 9.17) is 0 Å². The first-order valence-electron chi connectivity index (χ1n) is 12.3. The number of aryl methyl sites for hydroxylation is 1. The zero-order chi connectivity index (χ0) is 34.6. The molecule has 47 heavy (non-hydrogen) atoms. The van der Waals surface area contributed by atoms with Gasteiger partial charge in [-0.15, -0.1) is 0 Å². The Morgan fingerprint density at radius 3 is 1.38 bits per heavy atom.